The monoisotopic (exact) mass is 430 g/mol. The predicted octanol–water partition coefficient (Wildman–Crippen LogP) is 0.0494. The summed E-state index contributed by atoms with van der Waals surface area (Å²) in [5.41, 5.74) is 0. The van der Waals surface area contributed by atoms with Gasteiger partial charge < -0.3 is 34.2 Å². The van der Waals surface area contributed by atoms with Gasteiger partial charge in [0.15, 0.2) is 0 Å². The first-order valence-electron chi connectivity index (χ1n) is 10.5. The number of ether oxygens (including phenoxy) is 3. The van der Waals surface area contributed by atoms with Gasteiger partial charge in [-0.2, -0.15) is 0 Å². The van der Waals surface area contributed by atoms with Crippen molar-refractivity contribution in [2.24, 2.45) is 5.92 Å². The van der Waals surface area contributed by atoms with Crippen molar-refractivity contribution in [3.05, 3.63) is 12.2 Å². The Hall–Kier alpha value is -1.52. The van der Waals surface area contributed by atoms with E-state index in [0.29, 0.717) is 25.6 Å². The highest BCUT2D eigenvalue weighted by molar-refractivity contribution is 5.78. The van der Waals surface area contributed by atoms with Crippen LogP contribution in [0.3, 0.4) is 0 Å². The van der Waals surface area contributed by atoms with Gasteiger partial charge in [0.05, 0.1) is 13.2 Å². The van der Waals surface area contributed by atoms with Crippen molar-refractivity contribution in [2.45, 2.75) is 45.5 Å². The van der Waals surface area contributed by atoms with E-state index in [0.717, 1.165) is 6.42 Å². The van der Waals surface area contributed by atoms with Crippen LogP contribution in [0.4, 0.5) is 0 Å². The summed E-state index contributed by atoms with van der Waals surface area (Å²) in [5.74, 6) is 0.0380. The normalized spacial score (nSPS) is 24.7. The van der Waals surface area contributed by atoms with Gasteiger partial charge >= 0.3 is 0 Å². The summed E-state index contributed by atoms with van der Waals surface area (Å²) in [6, 6.07) is 0. The van der Waals surface area contributed by atoms with Gasteiger partial charge in [0.25, 0.3) is 0 Å². The summed E-state index contributed by atoms with van der Waals surface area (Å²) in [6.45, 7) is 7.15. The standard InChI is InChI=1S/C21H38N2O7/c1-16(2)7-12-30-19-13-23(17(3)24)10-9-22(20(26)15-28-4)8-5-6-11-29-14-18(25)21(19)27/h5-6,16,18-19,21,25,27H,7-15H2,1-4H3/t18-,19-,21-/m1/s1. The van der Waals surface area contributed by atoms with Crippen molar-refractivity contribution in [1.82, 2.24) is 9.80 Å². The van der Waals surface area contributed by atoms with E-state index in [1.807, 2.05) is 0 Å². The van der Waals surface area contributed by atoms with Gasteiger partial charge in [0, 0.05) is 46.8 Å². The Labute approximate surface area is 179 Å². The molecule has 0 saturated carbocycles. The molecule has 0 aliphatic carbocycles. The molecule has 2 amide bonds. The van der Waals surface area contributed by atoms with E-state index in [9.17, 15) is 19.8 Å². The number of methoxy groups -OCH3 is 1. The lowest BCUT2D eigenvalue weighted by molar-refractivity contribution is -0.142. The summed E-state index contributed by atoms with van der Waals surface area (Å²) in [5, 5.41) is 20.9. The van der Waals surface area contributed by atoms with Crippen LogP contribution >= 0.6 is 0 Å². The molecule has 30 heavy (non-hydrogen) atoms. The third kappa shape index (κ3) is 9.99. The van der Waals surface area contributed by atoms with Crippen molar-refractivity contribution in [2.75, 3.05) is 59.7 Å². The fraction of sp³-hybridized carbons (Fsp3) is 0.810. The molecule has 2 N–H and O–H groups in total. The van der Waals surface area contributed by atoms with Gasteiger partial charge in [-0.3, -0.25) is 9.59 Å². The molecule has 0 bridgehead atoms. The maximum atomic E-state index is 12.3. The molecule has 9 heteroatoms. The molecule has 1 heterocycles. The second-order valence-electron chi connectivity index (χ2n) is 7.90. The molecule has 0 spiro atoms. The average molecular weight is 431 g/mol. The van der Waals surface area contributed by atoms with Gasteiger partial charge in [-0.05, 0) is 12.3 Å². The Balaban J connectivity index is 2.98. The van der Waals surface area contributed by atoms with Crippen molar-refractivity contribution < 1.29 is 34.0 Å². The highest BCUT2D eigenvalue weighted by atomic mass is 16.5. The van der Waals surface area contributed by atoms with Crippen LogP contribution in [0.25, 0.3) is 0 Å². The number of rotatable bonds is 6. The van der Waals surface area contributed by atoms with E-state index in [1.54, 1.807) is 17.1 Å². The number of nitrogens with zero attached hydrogens (tertiary/aromatic N) is 2. The Morgan fingerprint density at radius 1 is 1.20 bits per heavy atom. The summed E-state index contributed by atoms with van der Waals surface area (Å²) in [7, 11) is 1.46. The van der Waals surface area contributed by atoms with E-state index in [2.05, 4.69) is 13.8 Å². The molecule has 9 nitrogen and oxygen atoms in total. The lowest BCUT2D eigenvalue weighted by Gasteiger charge is -2.33. The fourth-order valence-corrected chi connectivity index (χ4v) is 2.96. The molecule has 0 radical (unpaired) electrons. The molecular formula is C21H38N2O7. The molecule has 3 atom stereocenters. The van der Waals surface area contributed by atoms with Crippen LogP contribution < -0.4 is 0 Å². The number of aliphatic hydroxyl groups is 2. The van der Waals surface area contributed by atoms with Crippen LogP contribution in [0.1, 0.15) is 27.2 Å². The zero-order chi connectivity index (χ0) is 22.5. The second kappa shape index (κ2) is 14.5. The van der Waals surface area contributed by atoms with Gasteiger partial charge in [-0.15, -0.1) is 0 Å². The van der Waals surface area contributed by atoms with Crippen molar-refractivity contribution in [3.8, 4) is 0 Å². The summed E-state index contributed by atoms with van der Waals surface area (Å²) in [4.78, 5) is 27.7. The summed E-state index contributed by atoms with van der Waals surface area (Å²) in [6.07, 6.45) is 1.21. The van der Waals surface area contributed by atoms with Crippen molar-refractivity contribution >= 4 is 11.8 Å². The number of hydrogen-bond donors (Lipinski definition) is 2. The Kier molecular flexibility index (Phi) is 12.8. The number of hydrogen-bond acceptors (Lipinski definition) is 7. The molecule has 1 rings (SSSR count). The predicted molar refractivity (Wildman–Crippen MR) is 112 cm³/mol. The van der Waals surface area contributed by atoms with Crippen molar-refractivity contribution in [1.29, 1.82) is 0 Å². The highest BCUT2D eigenvalue weighted by Gasteiger charge is 2.30. The lowest BCUT2D eigenvalue weighted by atomic mass is 10.1. The van der Waals surface area contributed by atoms with Crippen LogP contribution in [-0.2, 0) is 23.8 Å². The Morgan fingerprint density at radius 3 is 2.53 bits per heavy atom. The van der Waals surface area contributed by atoms with E-state index in [4.69, 9.17) is 14.2 Å². The largest absolute Gasteiger partial charge is 0.388 e. The topological polar surface area (TPSA) is 109 Å². The Morgan fingerprint density at radius 2 is 1.90 bits per heavy atom. The molecule has 1 aliphatic rings. The molecule has 1 aliphatic heterocycles. The number of carbonyl (C=O) groups excluding carboxylic acids is 2. The van der Waals surface area contributed by atoms with Gasteiger partial charge in [0.2, 0.25) is 11.8 Å². The summed E-state index contributed by atoms with van der Waals surface area (Å²) >= 11 is 0. The molecule has 0 unspecified atom stereocenters. The van der Waals surface area contributed by atoms with Crippen LogP contribution in [0.2, 0.25) is 0 Å². The van der Waals surface area contributed by atoms with E-state index in [-0.39, 0.29) is 44.7 Å². The maximum Gasteiger partial charge on any atom is 0.248 e. The molecule has 0 saturated heterocycles. The third-order valence-electron chi connectivity index (χ3n) is 4.90. The zero-order valence-corrected chi connectivity index (χ0v) is 18.7. The highest BCUT2D eigenvalue weighted by Crippen LogP contribution is 2.12. The van der Waals surface area contributed by atoms with Crippen LogP contribution in [0.5, 0.6) is 0 Å². The minimum atomic E-state index is -1.21. The lowest BCUT2D eigenvalue weighted by Crippen LogP contribution is -2.50. The minimum Gasteiger partial charge on any atom is -0.388 e. The zero-order valence-electron chi connectivity index (χ0n) is 18.7. The molecular weight excluding hydrogens is 392 g/mol. The number of carbonyl (C=O) groups is 2. The fourth-order valence-electron chi connectivity index (χ4n) is 2.96. The Bertz CT molecular complexity index is 541. The first kappa shape index (κ1) is 26.5. The van der Waals surface area contributed by atoms with E-state index >= 15 is 0 Å². The second-order valence-corrected chi connectivity index (χ2v) is 7.90. The third-order valence-corrected chi connectivity index (χ3v) is 4.90. The van der Waals surface area contributed by atoms with E-state index in [1.165, 1.54) is 18.9 Å². The molecule has 0 fully saturated rings. The number of amides is 2. The minimum absolute atomic E-state index is 0.0454. The first-order valence-corrected chi connectivity index (χ1v) is 10.5. The molecule has 0 aromatic rings. The number of aliphatic hydroxyl groups excluding tert-OH is 2. The van der Waals surface area contributed by atoms with Gasteiger partial charge in [0.1, 0.15) is 24.9 Å². The summed E-state index contributed by atoms with van der Waals surface area (Å²) < 4.78 is 16.2. The van der Waals surface area contributed by atoms with Crippen molar-refractivity contribution in [3.63, 3.8) is 0 Å². The SMILES string of the molecule is COCC(=O)N1CC=CCOC[C@@H](O)[C@@H](O)[C@H](OCCC(C)C)CN(C(C)=O)CC1. The molecule has 0 aromatic carbocycles. The van der Waals surface area contributed by atoms with Crippen LogP contribution in [0, 0.1) is 5.92 Å². The maximum absolute atomic E-state index is 12.3. The van der Waals surface area contributed by atoms with Crippen LogP contribution in [0.15, 0.2) is 12.2 Å². The average Bonchev–Trinajstić information content (AvgIpc) is 2.68. The molecule has 0 aromatic heterocycles. The smallest absolute Gasteiger partial charge is 0.248 e. The van der Waals surface area contributed by atoms with E-state index < -0.39 is 18.3 Å². The van der Waals surface area contributed by atoms with Gasteiger partial charge in [-0.25, -0.2) is 0 Å². The molecule has 174 valence electrons. The van der Waals surface area contributed by atoms with Gasteiger partial charge in [-0.1, -0.05) is 26.0 Å². The first-order chi connectivity index (χ1) is 14.3. The van der Waals surface area contributed by atoms with Crippen LogP contribution in [-0.4, -0.2) is 110 Å². The quantitative estimate of drug-likeness (QED) is 0.573.